The van der Waals surface area contributed by atoms with E-state index in [0.29, 0.717) is 18.8 Å². The molecular formula is C29H51NO4S. The number of hydrogen-bond acceptors (Lipinski definition) is 6. The Hall–Kier alpha value is -0.850. The molecule has 0 spiro atoms. The van der Waals surface area contributed by atoms with E-state index in [1.54, 1.807) is 11.8 Å². The molecule has 6 atom stereocenters. The van der Waals surface area contributed by atoms with Crippen molar-refractivity contribution in [1.82, 2.24) is 4.90 Å². The summed E-state index contributed by atoms with van der Waals surface area (Å²) in [6.45, 7) is 21.9. The summed E-state index contributed by atoms with van der Waals surface area (Å²) in [6.07, 6.45) is 5.87. The van der Waals surface area contributed by atoms with E-state index in [1.165, 1.54) is 0 Å². The number of carbonyl (C=O) groups is 2. The van der Waals surface area contributed by atoms with E-state index in [1.807, 2.05) is 13.0 Å². The predicted octanol–water partition coefficient (Wildman–Crippen LogP) is 5.95. The minimum atomic E-state index is -0.667. The summed E-state index contributed by atoms with van der Waals surface area (Å²) in [6, 6.07) is 0. The topological polar surface area (TPSA) is 66.8 Å². The molecule has 0 aliphatic heterocycles. The highest BCUT2D eigenvalue weighted by Gasteiger charge is 2.63. The first-order valence-electron chi connectivity index (χ1n) is 13.8. The van der Waals surface area contributed by atoms with E-state index in [9.17, 15) is 14.7 Å². The van der Waals surface area contributed by atoms with Gasteiger partial charge in [-0.3, -0.25) is 9.59 Å². The fourth-order valence-electron chi connectivity index (χ4n) is 7.11. The molecule has 1 N–H and O–H groups in total. The maximum atomic E-state index is 13.6. The maximum absolute atomic E-state index is 13.6. The summed E-state index contributed by atoms with van der Waals surface area (Å²) in [4.78, 5) is 29.4. The van der Waals surface area contributed by atoms with Crippen molar-refractivity contribution in [2.24, 2.45) is 34.0 Å². The standard InChI is InChI=1S/C29H51NO4S/c1-9-13-15-29-16-14-23(31)24(29)27(6,7)22(19-28(8,10-2)25(32)21(29)5)26(33)34-20-35-18-17-30(11-3)12-4/h10,21-22,24-25,32H,2,9,11-20H2,1,3-8H3/t21-,22-,24-,25-,28+,29-/m0/s1. The van der Waals surface area contributed by atoms with Gasteiger partial charge >= 0.3 is 5.97 Å². The number of ether oxygens (including phenoxy) is 1. The van der Waals surface area contributed by atoms with Crippen molar-refractivity contribution in [3.8, 4) is 0 Å². The molecule has 0 aromatic rings. The van der Waals surface area contributed by atoms with Crippen molar-refractivity contribution in [2.45, 2.75) is 93.1 Å². The second kappa shape index (κ2) is 12.6. The zero-order valence-corrected chi connectivity index (χ0v) is 24.2. The third kappa shape index (κ3) is 6.18. The Morgan fingerprint density at radius 1 is 1.26 bits per heavy atom. The number of aliphatic hydroxyl groups is 1. The Labute approximate surface area is 218 Å². The highest BCUT2D eigenvalue weighted by molar-refractivity contribution is 7.99. The molecule has 2 rings (SSSR count). The number of carbonyl (C=O) groups excluding carboxylic acids is 2. The molecule has 35 heavy (non-hydrogen) atoms. The van der Waals surface area contributed by atoms with Crippen molar-refractivity contribution in [2.75, 3.05) is 31.3 Å². The Balaban J connectivity index is 2.34. The lowest BCUT2D eigenvalue weighted by Gasteiger charge is -2.56. The first-order chi connectivity index (χ1) is 16.4. The summed E-state index contributed by atoms with van der Waals surface area (Å²) in [7, 11) is 0. The van der Waals surface area contributed by atoms with Crippen molar-refractivity contribution in [1.29, 1.82) is 0 Å². The number of fused-ring (bicyclic) bond motifs is 1. The lowest BCUT2D eigenvalue weighted by molar-refractivity contribution is -0.169. The van der Waals surface area contributed by atoms with Gasteiger partial charge in [0.1, 0.15) is 11.7 Å². The molecule has 0 saturated heterocycles. The minimum Gasteiger partial charge on any atom is -0.454 e. The van der Waals surface area contributed by atoms with E-state index >= 15 is 0 Å². The van der Waals surface area contributed by atoms with Gasteiger partial charge in [0.2, 0.25) is 0 Å². The molecule has 6 heteroatoms. The molecule has 5 nitrogen and oxygen atoms in total. The molecule has 202 valence electrons. The second-order valence-corrected chi connectivity index (χ2v) is 12.8. The molecule has 0 unspecified atom stereocenters. The third-order valence-corrected chi connectivity index (χ3v) is 10.3. The van der Waals surface area contributed by atoms with Gasteiger partial charge in [-0.15, -0.1) is 18.3 Å². The average Bonchev–Trinajstić information content (AvgIpc) is 3.19. The Morgan fingerprint density at radius 3 is 2.49 bits per heavy atom. The molecule has 2 aliphatic rings. The van der Waals surface area contributed by atoms with Crippen LogP contribution in [0.15, 0.2) is 12.7 Å². The van der Waals surface area contributed by atoms with Crippen LogP contribution >= 0.6 is 11.8 Å². The van der Waals surface area contributed by atoms with Crippen LogP contribution in [0.1, 0.15) is 87.0 Å². The predicted molar refractivity (Wildman–Crippen MR) is 146 cm³/mol. The van der Waals surface area contributed by atoms with Crippen LogP contribution in [-0.4, -0.2) is 59.2 Å². The van der Waals surface area contributed by atoms with Gasteiger partial charge in [-0.2, -0.15) is 0 Å². The highest BCUT2D eigenvalue weighted by atomic mass is 32.2. The summed E-state index contributed by atoms with van der Waals surface area (Å²) >= 11 is 1.63. The zero-order chi connectivity index (χ0) is 26.4. The molecular weight excluding hydrogens is 458 g/mol. The lowest BCUT2D eigenvalue weighted by atomic mass is 9.48. The van der Waals surface area contributed by atoms with Crippen LogP contribution in [0.5, 0.6) is 0 Å². The number of ketones is 1. The van der Waals surface area contributed by atoms with Gasteiger partial charge < -0.3 is 14.7 Å². The van der Waals surface area contributed by atoms with E-state index in [4.69, 9.17) is 4.74 Å². The molecule has 2 saturated carbocycles. The molecule has 0 aromatic carbocycles. The van der Waals surface area contributed by atoms with Crippen LogP contribution in [0.4, 0.5) is 0 Å². The van der Waals surface area contributed by atoms with Crippen LogP contribution in [0.3, 0.4) is 0 Å². The van der Waals surface area contributed by atoms with Crippen molar-refractivity contribution >= 4 is 23.5 Å². The first kappa shape index (κ1) is 30.4. The van der Waals surface area contributed by atoms with Gasteiger partial charge in [0.15, 0.2) is 0 Å². The SMILES string of the molecule is C=C[C@]1(C)C[C@@H](C(=O)OCSCCN(CC)CC)C(C)(C)[C@@H]2C(=O)CC[C@@]2(CCCC)[C@@H](C)[C@@H]1O. The van der Waals surface area contributed by atoms with Crippen LogP contribution in [0, 0.1) is 34.0 Å². The number of unbranched alkanes of at least 4 members (excludes halogenated alkanes) is 1. The number of aliphatic hydroxyl groups excluding tert-OH is 1. The largest absolute Gasteiger partial charge is 0.454 e. The minimum absolute atomic E-state index is 0.0552. The van der Waals surface area contributed by atoms with E-state index in [0.717, 1.165) is 51.1 Å². The number of Topliss-reactive ketones (excluding diaryl/α,β-unsaturated/α-hetero) is 1. The Kier molecular flexibility index (Phi) is 10.9. The normalized spacial score (nSPS) is 34.8. The van der Waals surface area contributed by atoms with E-state index < -0.39 is 22.9 Å². The van der Waals surface area contributed by atoms with Crippen molar-refractivity contribution < 1.29 is 19.4 Å². The quantitative estimate of drug-likeness (QED) is 0.152. The molecule has 2 aliphatic carbocycles. The van der Waals surface area contributed by atoms with Crippen molar-refractivity contribution in [3.63, 3.8) is 0 Å². The second-order valence-electron chi connectivity index (χ2n) is 11.8. The van der Waals surface area contributed by atoms with Gasteiger partial charge in [0.25, 0.3) is 0 Å². The van der Waals surface area contributed by atoms with Crippen LogP contribution < -0.4 is 0 Å². The fourth-order valence-corrected chi connectivity index (χ4v) is 7.81. The number of nitrogens with zero attached hydrogens (tertiary/aromatic N) is 1. The van der Waals surface area contributed by atoms with Crippen LogP contribution in [0.2, 0.25) is 0 Å². The number of rotatable bonds is 12. The van der Waals surface area contributed by atoms with Crippen molar-refractivity contribution in [3.05, 3.63) is 12.7 Å². The average molecular weight is 510 g/mol. The van der Waals surface area contributed by atoms with E-state index in [2.05, 4.69) is 53.0 Å². The molecule has 0 amide bonds. The summed E-state index contributed by atoms with van der Waals surface area (Å²) in [5.41, 5.74) is -1.51. The van der Waals surface area contributed by atoms with Gasteiger partial charge in [0.05, 0.1) is 12.0 Å². The number of esters is 1. The molecule has 2 fully saturated rings. The summed E-state index contributed by atoms with van der Waals surface area (Å²) in [5.74, 6) is 0.432. The molecule has 0 heterocycles. The monoisotopic (exact) mass is 509 g/mol. The van der Waals surface area contributed by atoms with Crippen LogP contribution in [0.25, 0.3) is 0 Å². The van der Waals surface area contributed by atoms with Gasteiger partial charge in [0, 0.05) is 30.1 Å². The summed E-state index contributed by atoms with van der Waals surface area (Å²) < 4.78 is 5.84. The smallest absolute Gasteiger partial charge is 0.310 e. The molecule has 0 bridgehead atoms. The fraction of sp³-hybridized carbons (Fsp3) is 0.862. The van der Waals surface area contributed by atoms with Gasteiger partial charge in [-0.05, 0) is 49.1 Å². The number of thioether (sulfide) groups is 1. The molecule has 0 radical (unpaired) electrons. The highest BCUT2D eigenvalue weighted by Crippen LogP contribution is 2.63. The van der Waals surface area contributed by atoms with E-state index in [-0.39, 0.29) is 29.0 Å². The van der Waals surface area contributed by atoms with Gasteiger partial charge in [-0.25, -0.2) is 0 Å². The lowest BCUT2D eigenvalue weighted by Crippen LogP contribution is -2.57. The number of hydrogen-bond donors (Lipinski definition) is 1. The molecule has 0 aromatic heterocycles. The first-order valence-corrected chi connectivity index (χ1v) is 14.9. The summed E-state index contributed by atoms with van der Waals surface area (Å²) in [5, 5.41) is 11.7. The van der Waals surface area contributed by atoms with Gasteiger partial charge in [-0.1, -0.05) is 67.4 Å². The maximum Gasteiger partial charge on any atom is 0.310 e. The van der Waals surface area contributed by atoms with Crippen LogP contribution in [-0.2, 0) is 14.3 Å². The third-order valence-electron chi connectivity index (χ3n) is 9.55. The zero-order valence-electron chi connectivity index (χ0n) is 23.4. The Morgan fingerprint density at radius 2 is 1.91 bits per heavy atom. The Bertz CT molecular complexity index is 736.